The van der Waals surface area contributed by atoms with Crippen LogP contribution in [0.25, 0.3) is 22.0 Å². The zero-order chi connectivity index (χ0) is 23.3. The number of alkyl halides is 3. The Kier molecular flexibility index (Phi) is 7.39. The zero-order valence-corrected chi connectivity index (χ0v) is 17.4. The standard InChI is InChI=1S/C22H26F3N5O2/c23-22(24,25)32-16-3-4-17(15(10-16)12-28)19-13-30(9-1-6-26)20-5-2-14(11-18(19)20)21(31)29-8-7-27/h2-5,10-11,13H,1,6-9,12,26-28H2,(H,29,31). The molecule has 7 N–H and O–H groups in total. The molecule has 0 bridgehead atoms. The van der Waals surface area contributed by atoms with Gasteiger partial charge in [0.05, 0.1) is 0 Å². The monoisotopic (exact) mass is 449 g/mol. The van der Waals surface area contributed by atoms with E-state index in [1.54, 1.807) is 18.2 Å². The van der Waals surface area contributed by atoms with Gasteiger partial charge in [-0.3, -0.25) is 4.79 Å². The number of carbonyl (C=O) groups is 1. The number of carbonyl (C=O) groups excluding carboxylic acids is 1. The molecule has 0 saturated heterocycles. The topological polar surface area (TPSA) is 121 Å². The number of nitrogens with zero attached hydrogens (tertiary/aromatic N) is 1. The van der Waals surface area contributed by atoms with Gasteiger partial charge in [-0.2, -0.15) is 0 Å². The average molecular weight is 449 g/mol. The van der Waals surface area contributed by atoms with Crippen LogP contribution < -0.4 is 27.3 Å². The van der Waals surface area contributed by atoms with Gasteiger partial charge >= 0.3 is 6.36 Å². The average Bonchev–Trinajstić information content (AvgIpc) is 3.12. The molecular weight excluding hydrogens is 423 g/mol. The number of benzene rings is 2. The maximum Gasteiger partial charge on any atom is 0.573 e. The molecule has 0 spiro atoms. The Morgan fingerprint density at radius 1 is 1.03 bits per heavy atom. The molecule has 3 rings (SSSR count). The van der Waals surface area contributed by atoms with Gasteiger partial charge in [-0.15, -0.1) is 13.2 Å². The lowest BCUT2D eigenvalue weighted by Crippen LogP contribution is -2.28. The van der Waals surface area contributed by atoms with E-state index in [0.29, 0.717) is 42.9 Å². The summed E-state index contributed by atoms with van der Waals surface area (Å²) in [4.78, 5) is 12.4. The molecule has 1 amide bonds. The SMILES string of the molecule is NCCCn1cc(-c2ccc(OC(F)(F)F)cc2CN)c2cc(C(=O)NCCN)ccc21. The number of nitrogens with two attached hydrogens (primary N) is 3. The van der Waals surface area contributed by atoms with Gasteiger partial charge in [0.2, 0.25) is 0 Å². The van der Waals surface area contributed by atoms with E-state index < -0.39 is 6.36 Å². The van der Waals surface area contributed by atoms with Crippen LogP contribution >= 0.6 is 0 Å². The second-order valence-electron chi connectivity index (χ2n) is 7.23. The zero-order valence-electron chi connectivity index (χ0n) is 17.4. The molecule has 1 aromatic heterocycles. The smallest absolute Gasteiger partial charge is 0.406 e. The fourth-order valence-corrected chi connectivity index (χ4v) is 3.59. The van der Waals surface area contributed by atoms with Gasteiger partial charge in [0.15, 0.2) is 0 Å². The van der Waals surface area contributed by atoms with Crippen molar-refractivity contribution in [1.29, 1.82) is 0 Å². The molecule has 0 atom stereocenters. The van der Waals surface area contributed by atoms with Crippen LogP contribution in [0.4, 0.5) is 13.2 Å². The second-order valence-corrected chi connectivity index (χ2v) is 7.23. The number of hydrogen-bond acceptors (Lipinski definition) is 5. The van der Waals surface area contributed by atoms with Crippen LogP contribution in [-0.2, 0) is 13.1 Å². The summed E-state index contributed by atoms with van der Waals surface area (Å²) < 4.78 is 43.9. The number of halogens is 3. The maximum absolute atomic E-state index is 12.6. The van der Waals surface area contributed by atoms with Gasteiger partial charge in [0.1, 0.15) is 5.75 Å². The Morgan fingerprint density at radius 2 is 1.81 bits per heavy atom. The first-order valence-corrected chi connectivity index (χ1v) is 10.2. The Labute approximate surface area is 183 Å². The Morgan fingerprint density at radius 3 is 2.47 bits per heavy atom. The lowest BCUT2D eigenvalue weighted by molar-refractivity contribution is -0.274. The predicted molar refractivity (Wildman–Crippen MR) is 117 cm³/mol. The molecule has 0 aliphatic carbocycles. The van der Waals surface area contributed by atoms with Crippen LogP contribution in [0.1, 0.15) is 22.3 Å². The third-order valence-corrected chi connectivity index (χ3v) is 5.00. The molecule has 0 fully saturated rings. The number of ether oxygens (including phenoxy) is 1. The molecule has 3 aromatic rings. The number of aromatic nitrogens is 1. The third-order valence-electron chi connectivity index (χ3n) is 5.00. The molecule has 32 heavy (non-hydrogen) atoms. The van der Waals surface area contributed by atoms with E-state index in [4.69, 9.17) is 17.2 Å². The van der Waals surface area contributed by atoms with Crippen molar-refractivity contribution in [3.8, 4) is 16.9 Å². The molecule has 0 aliphatic heterocycles. The molecule has 0 unspecified atom stereocenters. The first kappa shape index (κ1) is 23.6. The van der Waals surface area contributed by atoms with Crippen molar-refractivity contribution in [2.45, 2.75) is 25.9 Å². The van der Waals surface area contributed by atoms with Crippen molar-refractivity contribution in [3.05, 3.63) is 53.7 Å². The Bertz CT molecular complexity index is 1100. The first-order valence-electron chi connectivity index (χ1n) is 10.2. The van der Waals surface area contributed by atoms with Crippen molar-refractivity contribution in [1.82, 2.24) is 9.88 Å². The maximum atomic E-state index is 12.6. The minimum absolute atomic E-state index is 0.0105. The van der Waals surface area contributed by atoms with Crippen LogP contribution in [0.5, 0.6) is 5.75 Å². The normalized spacial score (nSPS) is 11.7. The lowest BCUT2D eigenvalue weighted by atomic mass is 9.98. The summed E-state index contributed by atoms with van der Waals surface area (Å²) in [6.45, 7) is 1.84. The van der Waals surface area contributed by atoms with Crippen molar-refractivity contribution in [2.24, 2.45) is 17.2 Å². The lowest BCUT2D eigenvalue weighted by Gasteiger charge is -2.13. The summed E-state index contributed by atoms with van der Waals surface area (Å²) in [6.07, 6.45) is -2.15. The van der Waals surface area contributed by atoms with Gasteiger partial charge in [-0.05, 0) is 54.4 Å². The molecule has 0 radical (unpaired) electrons. The molecule has 1 heterocycles. The molecule has 7 nitrogen and oxygen atoms in total. The number of aryl methyl sites for hydroxylation is 1. The molecule has 2 aromatic carbocycles. The van der Waals surface area contributed by atoms with E-state index in [-0.39, 0.29) is 18.2 Å². The molecule has 10 heteroatoms. The largest absolute Gasteiger partial charge is 0.573 e. The molecule has 0 aliphatic rings. The summed E-state index contributed by atoms with van der Waals surface area (Å²) >= 11 is 0. The van der Waals surface area contributed by atoms with Crippen molar-refractivity contribution >= 4 is 16.8 Å². The van der Waals surface area contributed by atoms with Crippen LogP contribution in [0.2, 0.25) is 0 Å². The van der Waals surface area contributed by atoms with Gasteiger partial charge in [0.25, 0.3) is 5.91 Å². The van der Waals surface area contributed by atoms with Crippen molar-refractivity contribution < 1.29 is 22.7 Å². The number of hydrogen-bond donors (Lipinski definition) is 4. The highest BCUT2D eigenvalue weighted by molar-refractivity contribution is 6.03. The molecule has 172 valence electrons. The highest BCUT2D eigenvalue weighted by Gasteiger charge is 2.31. The van der Waals surface area contributed by atoms with E-state index in [2.05, 4.69) is 10.1 Å². The summed E-state index contributed by atoms with van der Waals surface area (Å²) in [7, 11) is 0. The number of fused-ring (bicyclic) bond motifs is 1. The quantitative estimate of drug-likeness (QED) is 0.400. The summed E-state index contributed by atoms with van der Waals surface area (Å²) in [5.41, 5.74) is 20.2. The second kappa shape index (κ2) is 10.0. The minimum Gasteiger partial charge on any atom is -0.406 e. The van der Waals surface area contributed by atoms with Gasteiger partial charge in [0, 0.05) is 54.4 Å². The van der Waals surface area contributed by atoms with E-state index in [0.717, 1.165) is 22.9 Å². The first-order chi connectivity index (χ1) is 15.3. The highest BCUT2D eigenvalue weighted by Crippen LogP contribution is 2.36. The van der Waals surface area contributed by atoms with Crippen LogP contribution in [0, 0.1) is 0 Å². The van der Waals surface area contributed by atoms with E-state index in [1.165, 1.54) is 12.1 Å². The number of nitrogens with one attached hydrogen (secondary N) is 1. The Balaban J connectivity index is 2.12. The highest BCUT2D eigenvalue weighted by atomic mass is 19.4. The number of rotatable bonds is 9. The van der Waals surface area contributed by atoms with Crippen LogP contribution in [-0.4, -0.2) is 36.5 Å². The summed E-state index contributed by atoms with van der Waals surface area (Å²) in [6, 6.07) is 9.41. The predicted octanol–water partition coefficient (Wildman–Crippen LogP) is 2.70. The van der Waals surface area contributed by atoms with Gasteiger partial charge < -0.3 is 31.8 Å². The molecular formula is C22H26F3N5O2. The fraction of sp³-hybridized carbons (Fsp3) is 0.318. The van der Waals surface area contributed by atoms with Gasteiger partial charge in [-0.1, -0.05) is 6.07 Å². The van der Waals surface area contributed by atoms with E-state index in [9.17, 15) is 18.0 Å². The van der Waals surface area contributed by atoms with E-state index >= 15 is 0 Å². The van der Waals surface area contributed by atoms with Gasteiger partial charge in [-0.25, -0.2) is 0 Å². The van der Waals surface area contributed by atoms with Crippen molar-refractivity contribution in [2.75, 3.05) is 19.6 Å². The van der Waals surface area contributed by atoms with Crippen LogP contribution in [0.15, 0.2) is 42.6 Å². The Hall–Kier alpha value is -3.08. The summed E-state index contributed by atoms with van der Waals surface area (Å²) in [5, 5.41) is 3.51. The third kappa shape index (κ3) is 5.39. The van der Waals surface area contributed by atoms with E-state index in [1.807, 2.05) is 16.8 Å². The number of amides is 1. The molecule has 0 saturated carbocycles. The summed E-state index contributed by atoms with van der Waals surface area (Å²) in [5.74, 6) is -0.596. The van der Waals surface area contributed by atoms with Crippen molar-refractivity contribution in [3.63, 3.8) is 0 Å². The van der Waals surface area contributed by atoms with Crippen LogP contribution in [0.3, 0.4) is 0 Å². The minimum atomic E-state index is -4.79. The fourth-order valence-electron chi connectivity index (χ4n) is 3.59.